The molecule has 3 rings (SSSR count). The molecule has 1 aliphatic heterocycles. The first-order chi connectivity index (χ1) is 12.0. The van der Waals surface area contributed by atoms with Gasteiger partial charge in [0.05, 0.1) is 11.4 Å². The Morgan fingerprint density at radius 1 is 1.08 bits per heavy atom. The monoisotopic (exact) mass is 335 g/mol. The van der Waals surface area contributed by atoms with Crippen molar-refractivity contribution in [2.45, 2.75) is 13.5 Å². The first-order valence-electron chi connectivity index (χ1n) is 8.22. The molecule has 0 bridgehead atoms. The number of nitrogens with zero attached hydrogens (tertiary/aromatic N) is 3. The van der Waals surface area contributed by atoms with Crippen molar-refractivity contribution in [2.75, 3.05) is 26.0 Å². The maximum atomic E-state index is 8.81. The van der Waals surface area contributed by atoms with E-state index < -0.39 is 0 Å². The van der Waals surface area contributed by atoms with Gasteiger partial charge in [-0.2, -0.15) is 0 Å². The lowest BCUT2D eigenvalue weighted by Gasteiger charge is -2.31. The summed E-state index contributed by atoms with van der Waals surface area (Å²) in [5.41, 5.74) is 6.86. The van der Waals surface area contributed by atoms with Gasteiger partial charge in [-0.05, 0) is 25.3 Å². The lowest BCUT2D eigenvalue weighted by Crippen LogP contribution is -2.23. The van der Waals surface area contributed by atoms with Crippen molar-refractivity contribution in [1.82, 2.24) is 4.90 Å². The molecule has 0 aliphatic carbocycles. The van der Waals surface area contributed by atoms with Crippen molar-refractivity contribution in [3.8, 4) is 0 Å². The van der Waals surface area contributed by atoms with Gasteiger partial charge in [-0.1, -0.05) is 42.5 Å². The first-order valence-corrected chi connectivity index (χ1v) is 8.22. The minimum Gasteiger partial charge on any atom is -0.375 e. The fourth-order valence-electron chi connectivity index (χ4n) is 3.10. The lowest BCUT2D eigenvalue weighted by atomic mass is 9.96. The Balaban J connectivity index is 0.000000701. The minimum absolute atomic E-state index is 0.750. The van der Waals surface area contributed by atoms with E-state index in [1.54, 1.807) is 0 Å². The molecule has 2 aromatic rings. The first kappa shape index (κ1) is 18.5. The van der Waals surface area contributed by atoms with Gasteiger partial charge in [0.15, 0.2) is 0 Å². The maximum Gasteiger partial charge on any atom is 0.116 e. The van der Waals surface area contributed by atoms with E-state index in [0.29, 0.717) is 0 Å². The molecule has 0 N–H and O–H groups in total. The van der Waals surface area contributed by atoms with Gasteiger partial charge in [0.1, 0.15) is 6.29 Å². The summed E-state index contributed by atoms with van der Waals surface area (Å²) in [5, 5.41) is 0. The number of fused-ring (bicyclic) bond motifs is 2. The van der Waals surface area contributed by atoms with Crippen LogP contribution in [0.15, 0.2) is 53.5 Å². The fraction of sp³-hybridized carbons (Fsp3) is 0.238. The van der Waals surface area contributed by atoms with Gasteiger partial charge >= 0.3 is 0 Å². The van der Waals surface area contributed by atoms with Crippen LogP contribution in [-0.2, 0) is 11.3 Å². The summed E-state index contributed by atoms with van der Waals surface area (Å²) in [6, 6.07) is 16.9. The number of aldehydes is 1. The highest BCUT2D eigenvalue weighted by molar-refractivity contribution is 5.95. The zero-order valence-electron chi connectivity index (χ0n) is 15.4. The van der Waals surface area contributed by atoms with E-state index in [4.69, 9.17) is 4.79 Å². The molecule has 1 heterocycles. The molecular formula is C21H25N3O. The number of aliphatic imine (C=N–C) groups is 1. The molecule has 0 amide bonds. The van der Waals surface area contributed by atoms with Gasteiger partial charge in [-0.15, -0.1) is 0 Å². The van der Waals surface area contributed by atoms with Crippen molar-refractivity contribution in [1.29, 1.82) is 0 Å². The average molecular weight is 335 g/mol. The predicted octanol–water partition coefficient (Wildman–Crippen LogP) is 3.93. The van der Waals surface area contributed by atoms with Gasteiger partial charge in [-0.3, -0.25) is 4.99 Å². The molecule has 0 radical (unpaired) electrons. The quantitative estimate of drug-likeness (QED) is 0.616. The minimum atomic E-state index is 0.750. The Morgan fingerprint density at radius 3 is 2.24 bits per heavy atom. The highest BCUT2D eigenvalue weighted by atomic mass is 16.1. The number of carbonyl (C=O) groups excluding carboxylic acids is 1. The summed E-state index contributed by atoms with van der Waals surface area (Å²) < 4.78 is 0. The van der Waals surface area contributed by atoms with Gasteiger partial charge in [-0.25, -0.2) is 0 Å². The largest absolute Gasteiger partial charge is 0.375 e. The third-order valence-electron chi connectivity index (χ3n) is 4.08. The molecule has 0 spiro atoms. The third kappa shape index (κ3) is 3.79. The van der Waals surface area contributed by atoms with Crippen LogP contribution in [0.2, 0.25) is 0 Å². The van der Waals surface area contributed by atoms with Crippen molar-refractivity contribution >= 4 is 30.1 Å². The average Bonchev–Trinajstić information content (AvgIpc) is 2.59. The van der Waals surface area contributed by atoms with Crippen LogP contribution < -0.4 is 4.90 Å². The highest BCUT2D eigenvalue weighted by Crippen LogP contribution is 2.38. The zero-order valence-corrected chi connectivity index (χ0v) is 15.4. The summed E-state index contributed by atoms with van der Waals surface area (Å²) in [5.74, 6) is 0. The van der Waals surface area contributed by atoms with E-state index in [9.17, 15) is 0 Å². The van der Waals surface area contributed by atoms with E-state index >= 15 is 0 Å². The van der Waals surface area contributed by atoms with Crippen LogP contribution in [0.5, 0.6) is 0 Å². The second kappa shape index (κ2) is 8.29. The second-order valence-corrected chi connectivity index (χ2v) is 6.02. The van der Waals surface area contributed by atoms with Gasteiger partial charge in [0.25, 0.3) is 0 Å². The molecule has 1 aliphatic rings. The van der Waals surface area contributed by atoms with E-state index in [2.05, 4.69) is 91.2 Å². The summed E-state index contributed by atoms with van der Waals surface area (Å²) >= 11 is 0. The van der Waals surface area contributed by atoms with Gasteiger partial charge in [0.2, 0.25) is 0 Å². The molecule has 130 valence electrons. The SMILES string of the molecule is C=N/C1=C(\N(C)C)c2ccccc2N(C)Cc2ccccc21.CC=O. The van der Waals surface area contributed by atoms with Crippen molar-refractivity contribution in [3.63, 3.8) is 0 Å². The third-order valence-corrected chi connectivity index (χ3v) is 4.08. The molecule has 0 saturated heterocycles. The van der Waals surface area contributed by atoms with Crippen LogP contribution in [0.3, 0.4) is 0 Å². The number of hydrogen-bond acceptors (Lipinski definition) is 4. The number of carbonyl (C=O) groups is 1. The van der Waals surface area contributed by atoms with Crippen LogP contribution in [0.25, 0.3) is 11.4 Å². The van der Waals surface area contributed by atoms with Crippen LogP contribution in [-0.4, -0.2) is 39.0 Å². The Hall–Kier alpha value is -2.88. The summed E-state index contributed by atoms with van der Waals surface area (Å²) in [6.07, 6.45) is 0.750. The molecule has 4 heteroatoms. The van der Waals surface area contributed by atoms with E-state index in [1.807, 2.05) is 0 Å². The number of hydrogen-bond donors (Lipinski definition) is 0. The Bertz CT molecular complexity index is 793. The number of para-hydroxylation sites is 1. The Morgan fingerprint density at radius 2 is 1.64 bits per heavy atom. The molecule has 0 fully saturated rings. The molecule has 0 aromatic heterocycles. The summed E-state index contributed by atoms with van der Waals surface area (Å²) in [4.78, 5) is 17.6. The Kier molecular flexibility index (Phi) is 6.12. The van der Waals surface area contributed by atoms with Crippen molar-refractivity contribution < 1.29 is 4.79 Å². The maximum absolute atomic E-state index is 8.81. The van der Waals surface area contributed by atoms with E-state index in [-0.39, 0.29) is 0 Å². The Labute approximate surface area is 150 Å². The van der Waals surface area contributed by atoms with Crippen molar-refractivity contribution in [2.24, 2.45) is 4.99 Å². The molecule has 4 nitrogen and oxygen atoms in total. The van der Waals surface area contributed by atoms with Gasteiger partial charge in [0, 0.05) is 44.5 Å². The van der Waals surface area contributed by atoms with Crippen LogP contribution >= 0.6 is 0 Å². The van der Waals surface area contributed by atoms with E-state index in [1.165, 1.54) is 23.7 Å². The molecule has 0 atom stereocenters. The predicted molar refractivity (Wildman–Crippen MR) is 107 cm³/mol. The molecule has 0 unspecified atom stereocenters. The fourth-order valence-corrected chi connectivity index (χ4v) is 3.10. The number of rotatable bonds is 2. The van der Waals surface area contributed by atoms with Crippen molar-refractivity contribution in [3.05, 3.63) is 65.2 Å². The van der Waals surface area contributed by atoms with E-state index in [0.717, 1.165) is 29.8 Å². The van der Waals surface area contributed by atoms with Gasteiger partial charge < -0.3 is 14.6 Å². The van der Waals surface area contributed by atoms with Crippen LogP contribution in [0.1, 0.15) is 23.6 Å². The molecule has 2 aromatic carbocycles. The second-order valence-electron chi connectivity index (χ2n) is 6.02. The number of benzene rings is 2. The topological polar surface area (TPSA) is 35.9 Å². The van der Waals surface area contributed by atoms with Crippen LogP contribution in [0, 0.1) is 0 Å². The number of anilines is 1. The normalized spacial score (nSPS) is 15.6. The standard InChI is InChI=1S/C19H21N3.C2H4O/c1-20-18-15-10-6-5-9-14(15)13-22(4)17-12-8-7-11-16(17)19(18)21(2)3;1-2-3/h5-12H,1,13H2,2-4H3;2H,1H3/b19-18-;. The zero-order chi connectivity index (χ0) is 18.4. The summed E-state index contributed by atoms with van der Waals surface area (Å²) in [6.45, 7) is 6.13. The lowest BCUT2D eigenvalue weighted by molar-refractivity contribution is -0.106. The molecule has 0 saturated carbocycles. The highest BCUT2D eigenvalue weighted by Gasteiger charge is 2.22. The summed E-state index contributed by atoms with van der Waals surface area (Å²) in [7, 11) is 6.25. The van der Waals surface area contributed by atoms with Crippen LogP contribution in [0.4, 0.5) is 5.69 Å². The smallest absolute Gasteiger partial charge is 0.116 e. The molecular weight excluding hydrogens is 310 g/mol. The molecule has 25 heavy (non-hydrogen) atoms.